The number of guanidine groups is 1. The van der Waals surface area contributed by atoms with E-state index in [9.17, 15) is 9.59 Å². The zero-order valence-electron chi connectivity index (χ0n) is 16.6. The number of rotatable bonds is 6. The molecule has 1 aliphatic rings. The SMILES string of the molecule is CCNC(=NCCNC(=O)C(C)(C)C)NC1CCN(C(=O)C(C)C)C1. The molecule has 0 spiro atoms. The number of hydrogen-bond acceptors (Lipinski definition) is 3. The average Bonchev–Trinajstić information content (AvgIpc) is 2.97. The predicted octanol–water partition coefficient (Wildman–Crippen LogP) is 0.961. The van der Waals surface area contributed by atoms with Gasteiger partial charge < -0.3 is 20.9 Å². The fourth-order valence-electron chi connectivity index (χ4n) is 2.56. The summed E-state index contributed by atoms with van der Waals surface area (Å²) >= 11 is 0. The van der Waals surface area contributed by atoms with E-state index in [0.29, 0.717) is 19.6 Å². The van der Waals surface area contributed by atoms with Crippen molar-refractivity contribution < 1.29 is 9.59 Å². The third-order valence-corrected chi connectivity index (χ3v) is 4.03. The number of amides is 2. The van der Waals surface area contributed by atoms with Gasteiger partial charge >= 0.3 is 0 Å². The lowest BCUT2D eigenvalue weighted by Crippen LogP contribution is -2.45. The van der Waals surface area contributed by atoms with Gasteiger partial charge in [-0.3, -0.25) is 14.6 Å². The summed E-state index contributed by atoms with van der Waals surface area (Å²) in [4.78, 5) is 30.3. The number of carbonyl (C=O) groups excluding carboxylic acids is 2. The van der Waals surface area contributed by atoms with Gasteiger partial charge in [0, 0.05) is 43.6 Å². The van der Waals surface area contributed by atoms with Crippen molar-refractivity contribution in [1.29, 1.82) is 0 Å². The molecule has 7 heteroatoms. The number of hydrogen-bond donors (Lipinski definition) is 3. The molecule has 0 bridgehead atoms. The second kappa shape index (κ2) is 9.63. The lowest BCUT2D eigenvalue weighted by atomic mass is 9.96. The zero-order chi connectivity index (χ0) is 19.0. The summed E-state index contributed by atoms with van der Waals surface area (Å²) in [7, 11) is 0. The normalized spacial score (nSPS) is 18.4. The van der Waals surface area contributed by atoms with E-state index in [1.165, 1.54) is 0 Å². The first kappa shape index (κ1) is 21.3. The summed E-state index contributed by atoms with van der Waals surface area (Å²) in [5, 5.41) is 9.50. The van der Waals surface area contributed by atoms with Crippen LogP contribution in [0.25, 0.3) is 0 Å². The largest absolute Gasteiger partial charge is 0.357 e. The smallest absolute Gasteiger partial charge is 0.225 e. The van der Waals surface area contributed by atoms with Crippen LogP contribution in [0.1, 0.15) is 48.0 Å². The molecule has 2 amide bonds. The molecular formula is C18H35N5O2. The maximum atomic E-state index is 12.1. The number of likely N-dealkylation sites (tertiary alicyclic amines) is 1. The Morgan fingerprint density at radius 2 is 1.92 bits per heavy atom. The predicted molar refractivity (Wildman–Crippen MR) is 101 cm³/mol. The summed E-state index contributed by atoms with van der Waals surface area (Å²) in [5.74, 6) is 0.999. The number of nitrogens with zero attached hydrogens (tertiary/aromatic N) is 2. The van der Waals surface area contributed by atoms with Gasteiger partial charge in [0.15, 0.2) is 5.96 Å². The summed E-state index contributed by atoms with van der Waals surface area (Å²) in [6.07, 6.45) is 0.920. The van der Waals surface area contributed by atoms with Crippen molar-refractivity contribution in [3.63, 3.8) is 0 Å². The average molecular weight is 354 g/mol. The maximum Gasteiger partial charge on any atom is 0.225 e. The van der Waals surface area contributed by atoms with Crippen molar-refractivity contribution >= 4 is 17.8 Å². The van der Waals surface area contributed by atoms with Gasteiger partial charge in [0.25, 0.3) is 0 Å². The molecule has 1 aliphatic heterocycles. The summed E-state index contributed by atoms with van der Waals surface area (Å²) in [6, 6.07) is 0.213. The van der Waals surface area contributed by atoms with Crippen molar-refractivity contribution in [1.82, 2.24) is 20.9 Å². The molecule has 7 nitrogen and oxygen atoms in total. The minimum Gasteiger partial charge on any atom is -0.357 e. The molecule has 1 atom stereocenters. The highest BCUT2D eigenvalue weighted by Crippen LogP contribution is 2.13. The van der Waals surface area contributed by atoms with Gasteiger partial charge in [-0.2, -0.15) is 0 Å². The third-order valence-electron chi connectivity index (χ3n) is 4.03. The Balaban J connectivity index is 2.46. The molecule has 25 heavy (non-hydrogen) atoms. The summed E-state index contributed by atoms with van der Waals surface area (Å²) < 4.78 is 0. The van der Waals surface area contributed by atoms with Crippen LogP contribution < -0.4 is 16.0 Å². The summed E-state index contributed by atoms with van der Waals surface area (Å²) in [6.45, 7) is 14.8. The fraction of sp³-hybridized carbons (Fsp3) is 0.833. The maximum absolute atomic E-state index is 12.1. The molecule has 1 fully saturated rings. The zero-order valence-corrected chi connectivity index (χ0v) is 16.6. The highest BCUT2D eigenvalue weighted by Gasteiger charge is 2.28. The molecule has 1 saturated heterocycles. The van der Waals surface area contributed by atoms with Gasteiger partial charge in [0.1, 0.15) is 0 Å². The van der Waals surface area contributed by atoms with Gasteiger partial charge in [-0.15, -0.1) is 0 Å². The van der Waals surface area contributed by atoms with E-state index in [1.54, 1.807) is 0 Å². The van der Waals surface area contributed by atoms with Gasteiger partial charge in [-0.05, 0) is 13.3 Å². The van der Waals surface area contributed by atoms with Crippen LogP contribution in [-0.2, 0) is 9.59 Å². The minimum absolute atomic E-state index is 0.0271. The molecule has 3 N–H and O–H groups in total. The molecule has 0 aromatic rings. The quantitative estimate of drug-likeness (QED) is 0.377. The standard InChI is InChI=1S/C18H35N5O2/c1-7-19-17(21-10-9-20-16(25)18(4,5)6)22-14-8-11-23(12-14)15(24)13(2)3/h13-14H,7-12H2,1-6H3,(H,20,25)(H2,19,21,22). The van der Waals surface area contributed by atoms with Crippen LogP contribution in [0.3, 0.4) is 0 Å². The minimum atomic E-state index is -0.386. The van der Waals surface area contributed by atoms with Crippen molar-refractivity contribution in [2.24, 2.45) is 16.3 Å². The molecule has 1 heterocycles. The van der Waals surface area contributed by atoms with Crippen LogP contribution in [-0.4, -0.2) is 61.4 Å². The Labute approximate surface area is 152 Å². The van der Waals surface area contributed by atoms with Crippen LogP contribution in [0.2, 0.25) is 0 Å². The Kier molecular flexibility index (Phi) is 8.19. The Bertz CT molecular complexity index is 482. The van der Waals surface area contributed by atoms with Crippen LogP contribution in [0.4, 0.5) is 0 Å². The number of nitrogens with one attached hydrogen (secondary N) is 3. The van der Waals surface area contributed by atoms with E-state index in [1.807, 2.05) is 46.4 Å². The van der Waals surface area contributed by atoms with Gasteiger partial charge in [0.2, 0.25) is 11.8 Å². The number of carbonyl (C=O) groups is 2. The first-order valence-electron chi connectivity index (χ1n) is 9.27. The fourth-order valence-corrected chi connectivity index (χ4v) is 2.56. The van der Waals surface area contributed by atoms with Gasteiger partial charge in [-0.25, -0.2) is 0 Å². The highest BCUT2D eigenvalue weighted by atomic mass is 16.2. The van der Waals surface area contributed by atoms with Gasteiger partial charge in [-0.1, -0.05) is 34.6 Å². The van der Waals surface area contributed by atoms with E-state index < -0.39 is 0 Å². The van der Waals surface area contributed by atoms with E-state index in [4.69, 9.17) is 0 Å². The highest BCUT2D eigenvalue weighted by molar-refractivity contribution is 5.82. The first-order chi connectivity index (χ1) is 11.6. The Hall–Kier alpha value is -1.79. The van der Waals surface area contributed by atoms with Crippen molar-refractivity contribution in [2.45, 2.75) is 54.0 Å². The molecule has 0 radical (unpaired) electrons. The van der Waals surface area contributed by atoms with E-state index >= 15 is 0 Å². The molecule has 1 unspecified atom stereocenters. The third kappa shape index (κ3) is 7.32. The molecule has 0 aromatic carbocycles. The first-order valence-corrected chi connectivity index (χ1v) is 9.27. The summed E-state index contributed by atoms with van der Waals surface area (Å²) in [5.41, 5.74) is -0.386. The second-order valence-electron chi connectivity index (χ2n) is 7.84. The van der Waals surface area contributed by atoms with Crippen molar-refractivity contribution in [3.8, 4) is 0 Å². The molecular weight excluding hydrogens is 318 g/mol. The van der Waals surface area contributed by atoms with Crippen LogP contribution in [0.15, 0.2) is 4.99 Å². The van der Waals surface area contributed by atoms with E-state index in [0.717, 1.165) is 25.5 Å². The van der Waals surface area contributed by atoms with Crippen LogP contribution in [0.5, 0.6) is 0 Å². The lowest BCUT2D eigenvalue weighted by molar-refractivity contribution is -0.133. The Morgan fingerprint density at radius 3 is 2.48 bits per heavy atom. The van der Waals surface area contributed by atoms with Crippen molar-refractivity contribution in [3.05, 3.63) is 0 Å². The molecule has 0 saturated carbocycles. The topological polar surface area (TPSA) is 85.8 Å². The monoisotopic (exact) mass is 353 g/mol. The molecule has 0 aromatic heterocycles. The molecule has 144 valence electrons. The second-order valence-corrected chi connectivity index (χ2v) is 7.84. The van der Waals surface area contributed by atoms with E-state index in [-0.39, 0.29) is 29.2 Å². The number of aliphatic imine (C=N–C) groups is 1. The van der Waals surface area contributed by atoms with Crippen LogP contribution >= 0.6 is 0 Å². The van der Waals surface area contributed by atoms with Crippen LogP contribution in [0, 0.1) is 11.3 Å². The van der Waals surface area contributed by atoms with Crippen molar-refractivity contribution in [2.75, 3.05) is 32.7 Å². The van der Waals surface area contributed by atoms with E-state index in [2.05, 4.69) is 20.9 Å². The lowest BCUT2D eigenvalue weighted by Gasteiger charge is -2.20. The molecule has 1 rings (SSSR count). The van der Waals surface area contributed by atoms with Gasteiger partial charge in [0.05, 0.1) is 6.54 Å². The Morgan fingerprint density at radius 1 is 1.24 bits per heavy atom. The molecule has 0 aliphatic carbocycles.